The lowest BCUT2D eigenvalue weighted by atomic mass is 10.00. The number of carbonyl (C=O) groups is 1. The average Bonchev–Trinajstić information content (AvgIpc) is 2.59. The quantitative estimate of drug-likeness (QED) is 0.716. The van der Waals surface area contributed by atoms with Crippen molar-refractivity contribution in [1.29, 1.82) is 0 Å². The Morgan fingerprint density at radius 1 is 1.29 bits per heavy atom. The molecular weight excluding hydrogens is 302 g/mol. The van der Waals surface area contributed by atoms with E-state index in [9.17, 15) is 9.90 Å². The van der Waals surface area contributed by atoms with Crippen molar-refractivity contribution < 1.29 is 9.90 Å². The Bertz CT molecular complexity index is 535. The third-order valence-electron chi connectivity index (χ3n) is 5.03. The molecule has 1 aliphatic rings. The van der Waals surface area contributed by atoms with Crippen LogP contribution in [0.25, 0.3) is 0 Å². The second-order valence-corrected chi connectivity index (χ2v) is 6.94. The Kier molecular flexibility index (Phi) is 7.06. The van der Waals surface area contributed by atoms with E-state index in [1.807, 2.05) is 6.92 Å². The Balaban J connectivity index is 1.70. The van der Waals surface area contributed by atoms with Crippen LogP contribution in [0.3, 0.4) is 0 Å². The van der Waals surface area contributed by atoms with Gasteiger partial charge in [-0.05, 0) is 30.4 Å². The minimum absolute atomic E-state index is 0.130. The smallest absolute Gasteiger partial charge is 0.315 e. The molecule has 134 valence electrons. The van der Waals surface area contributed by atoms with Crippen molar-refractivity contribution in [2.45, 2.75) is 52.3 Å². The topological polar surface area (TPSA) is 64.6 Å². The van der Waals surface area contributed by atoms with E-state index in [2.05, 4.69) is 53.6 Å². The lowest BCUT2D eigenvalue weighted by molar-refractivity contribution is 0.105. The predicted octanol–water partition coefficient (Wildman–Crippen LogP) is 2.14. The van der Waals surface area contributed by atoms with E-state index in [-0.39, 0.29) is 18.6 Å². The van der Waals surface area contributed by atoms with Gasteiger partial charge in [-0.2, -0.15) is 0 Å². The van der Waals surface area contributed by atoms with Crippen LogP contribution in [-0.2, 0) is 13.0 Å². The molecule has 3 unspecified atom stereocenters. The van der Waals surface area contributed by atoms with Crippen molar-refractivity contribution in [2.75, 3.05) is 19.6 Å². The van der Waals surface area contributed by atoms with Gasteiger partial charge in [0.25, 0.3) is 0 Å². The second kappa shape index (κ2) is 9.04. The number of benzene rings is 1. The molecule has 0 aliphatic carbocycles. The van der Waals surface area contributed by atoms with Crippen LogP contribution in [-0.4, -0.2) is 47.8 Å². The van der Waals surface area contributed by atoms with E-state index in [1.54, 1.807) is 0 Å². The third kappa shape index (κ3) is 5.49. The number of hydrogen-bond donors (Lipinski definition) is 3. The molecular formula is C19H31N3O2. The first kappa shape index (κ1) is 18.7. The number of hydrogen-bond acceptors (Lipinski definition) is 3. The first-order valence-corrected chi connectivity index (χ1v) is 9.01. The van der Waals surface area contributed by atoms with Gasteiger partial charge in [-0.15, -0.1) is 0 Å². The summed E-state index contributed by atoms with van der Waals surface area (Å²) in [7, 11) is 0. The lowest BCUT2D eigenvalue weighted by Gasteiger charge is -2.30. The molecule has 0 radical (unpaired) electrons. The molecule has 5 heteroatoms. The first-order chi connectivity index (χ1) is 11.5. The van der Waals surface area contributed by atoms with Gasteiger partial charge in [0.15, 0.2) is 0 Å². The molecule has 1 aliphatic heterocycles. The summed E-state index contributed by atoms with van der Waals surface area (Å²) in [5.41, 5.74) is 2.74. The van der Waals surface area contributed by atoms with Crippen LogP contribution in [0, 0.1) is 5.92 Å². The number of β-amino-alcohol motifs (C(OH)–C–C–N with tert-alkyl or cyclic N) is 1. The van der Waals surface area contributed by atoms with Gasteiger partial charge in [0.2, 0.25) is 0 Å². The number of aliphatic hydroxyl groups is 1. The van der Waals surface area contributed by atoms with Gasteiger partial charge in [0.05, 0.1) is 6.10 Å². The van der Waals surface area contributed by atoms with Crippen molar-refractivity contribution in [3.63, 3.8) is 0 Å². The summed E-state index contributed by atoms with van der Waals surface area (Å²) in [6, 6.07) is 8.38. The zero-order valence-electron chi connectivity index (χ0n) is 15.1. The second-order valence-electron chi connectivity index (χ2n) is 6.94. The molecule has 1 heterocycles. The standard InChI is InChI=1S/C19H31N3O2/c1-4-14(2)15(3)21-19(24)20-11-18(23)13-22-10-9-16-7-5-6-8-17(16)12-22/h5-8,14-15,18,23H,4,9-13H2,1-3H3,(H2,20,21,24). The maximum atomic E-state index is 11.9. The zero-order chi connectivity index (χ0) is 17.5. The van der Waals surface area contributed by atoms with Crippen LogP contribution in [0.15, 0.2) is 24.3 Å². The van der Waals surface area contributed by atoms with Gasteiger partial charge >= 0.3 is 6.03 Å². The summed E-state index contributed by atoms with van der Waals surface area (Å²) in [5.74, 6) is 0.439. The number of rotatable bonds is 7. The average molecular weight is 333 g/mol. The number of aliphatic hydroxyl groups excluding tert-OH is 1. The van der Waals surface area contributed by atoms with Crippen LogP contribution in [0.5, 0.6) is 0 Å². The van der Waals surface area contributed by atoms with E-state index in [1.165, 1.54) is 11.1 Å². The summed E-state index contributed by atoms with van der Waals surface area (Å²) in [6.07, 6.45) is 1.49. The fourth-order valence-electron chi connectivity index (χ4n) is 3.04. The van der Waals surface area contributed by atoms with E-state index < -0.39 is 6.10 Å². The van der Waals surface area contributed by atoms with E-state index in [0.29, 0.717) is 12.5 Å². The highest BCUT2D eigenvalue weighted by atomic mass is 16.3. The highest BCUT2D eigenvalue weighted by Gasteiger charge is 2.19. The Hall–Kier alpha value is -1.59. The molecule has 3 N–H and O–H groups in total. The summed E-state index contributed by atoms with van der Waals surface area (Å²) < 4.78 is 0. The largest absolute Gasteiger partial charge is 0.390 e. The molecule has 0 saturated carbocycles. The molecule has 0 spiro atoms. The van der Waals surface area contributed by atoms with Crippen molar-refractivity contribution in [3.05, 3.63) is 35.4 Å². The molecule has 0 bridgehead atoms. The summed E-state index contributed by atoms with van der Waals surface area (Å²) in [5, 5.41) is 15.9. The third-order valence-corrected chi connectivity index (χ3v) is 5.03. The maximum absolute atomic E-state index is 11.9. The Labute approximate surface area is 145 Å². The Morgan fingerprint density at radius 2 is 2.00 bits per heavy atom. The molecule has 1 aromatic rings. The highest BCUT2D eigenvalue weighted by Crippen LogP contribution is 2.18. The van der Waals surface area contributed by atoms with Crippen molar-refractivity contribution >= 4 is 6.03 Å². The van der Waals surface area contributed by atoms with Crippen molar-refractivity contribution in [2.24, 2.45) is 5.92 Å². The number of fused-ring (bicyclic) bond motifs is 1. The van der Waals surface area contributed by atoms with Crippen LogP contribution >= 0.6 is 0 Å². The monoisotopic (exact) mass is 333 g/mol. The number of nitrogens with zero attached hydrogens (tertiary/aromatic N) is 1. The molecule has 2 amide bonds. The normalized spacial score (nSPS) is 18.3. The van der Waals surface area contributed by atoms with E-state index in [0.717, 1.165) is 25.9 Å². The van der Waals surface area contributed by atoms with Crippen LogP contribution in [0.4, 0.5) is 4.79 Å². The number of urea groups is 1. The van der Waals surface area contributed by atoms with Gasteiger partial charge in [-0.25, -0.2) is 4.79 Å². The van der Waals surface area contributed by atoms with E-state index >= 15 is 0 Å². The number of amides is 2. The molecule has 1 aromatic carbocycles. The molecule has 5 nitrogen and oxygen atoms in total. The molecule has 0 aromatic heterocycles. The van der Waals surface area contributed by atoms with Gasteiger partial charge < -0.3 is 15.7 Å². The van der Waals surface area contributed by atoms with Gasteiger partial charge in [0, 0.05) is 32.2 Å². The van der Waals surface area contributed by atoms with Gasteiger partial charge in [-0.1, -0.05) is 44.5 Å². The van der Waals surface area contributed by atoms with Gasteiger partial charge in [0.1, 0.15) is 0 Å². The SMILES string of the molecule is CCC(C)C(C)NC(=O)NCC(O)CN1CCc2ccccc2C1. The highest BCUT2D eigenvalue weighted by molar-refractivity contribution is 5.74. The number of nitrogens with one attached hydrogen (secondary N) is 2. The fraction of sp³-hybridized carbons (Fsp3) is 0.632. The summed E-state index contributed by atoms with van der Waals surface area (Å²) in [6.45, 7) is 8.91. The van der Waals surface area contributed by atoms with Crippen LogP contribution < -0.4 is 10.6 Å². The minimum atomic E-state index is -0.556. The van der Waals surface area contributed by atoms with E-state index in [4.69, 9.17) is 0 Å². The predicted molar refractivity (Wildman–Crippen MR) is 96.9 cm³/mol. The van der Waals surface area contributed by atoms with Crippen molar-refractivity contribution in [3.8, 4) is 0 Å². The van der Waals surface area contributed by atoms with Gasteiger partial charge in [-0.3, -0.25) is 4.90 Å². The van der Waals surface area contributed by atoms with Crippen LogP contribution in [0.2, 0.25) is 0 Å². The van der Waals surface area contributed by atoms with Crippen LogP contribution in [0.1, 0.15) is 38.3 Å². The maximum Gasteiger partial charge on any atom is 0.315 e. The summed E-state index contributed by atoms with van der Waals surface area (Å²) >= 11 is 0. The fourth-order valence-corrected chi connectivity index (χ4v) is 3.04. The zero-order valence-corrected chi connectivity index (χ0v) is 15.1. The molecule has 24 heavy (non-hydrogen) atoms. The number of carbonyl (C=O) groups excluding carboxylic acids is 1. The molecule has 2 rings (SSSR count). The molecule has 0 fully saturated rings. The molecule has 3 atom stereocenters. The molecule has 0 saturated heterocycles. The van der Waals surface area contributed by atoms with Crippen molar-refractivity contribution in [1.82, 2.24) is 15.5 Å². The Morgan fingerprint density at radius 3 is 2.71 bits per heavy atom. The first-order valence-electron chi connectivity index (χ1n) is 9.01. The lowest BCUT2D eigenvalue weighted by Crippen LogP contribution is -2.47. The summed E-state index contributed by atoms with van der Waals surface area (Å²) in [4.78, 5) is 14.1. The minimum Gasteiger partial charge on any atom is -0.390 e.